The smallest absolute Gasteiger partial charge is 0.228 e. The number of amides is 2. The fourth-order valence-electron chi connectivity index (χ4n) is 4.20. The summed E-state index contributed by atoms with van der Waals surface area (Å²) in [7, 11) is 3.58. The van der Waals surface area contributed by atoms with Gasteiger partial charge < -0.3 is 14.7 Å². The van der Waals surface area contributed by atoms with Gasteiger partial charge in [0.1, 0.15) is 11.9 Å². The minimum absolute atomic E-state index is 0.0151. The van der Waals surface area contributed by atoms with E-state index in [-0.39, 0.29) is 24.3 Å². The zero-order valence-corrected chi connectivity index (χ0v) is 16.5. The predicted molar refractivity (Wildman–Crippen MR) is 105 cm³/mol. The SMILES string of the molecule is CN1C(=O)CC(C(=O)N2CCN(c3ccc(C#N)cn3)CC2)C1c1ccnn1C. The first kappa shape index (κ1) is 18.9. The Hall–Kier alpha value is -3.41. The first-order valence-corrected chi connectivity index (χ1v) is 9.63. The van der Waals surface area contributed by atoms with Crippen LogP contribution >= 0.6 is 0 Å². The Morgan fingerprint density at radius 3 is 2.52 bits per heavy atom. The molecule has 2 aromatic heterocycles. The van der Waals surface area contributed by atoms with Gasteiger partial charge in [-0.25, -0.2) is 4.98 Å². The summed E-state index contributed by atoms with van der Waals surface area (Å²) in [5.74, 6) is 0.401. The van der Waals surface area contributed by atoms with E-state index >= 15 is 0 Å². The molecular formula is C20H23N7O2. The fourth-order valence-corrected chi connectivity index (χ4v) is 4.20. The highest BCUT2D eigenvalue weighted by molar-refractivity contribution is 5.90. The highest BCUT2D eigenvalue weighted by atomic mass is 16.2. The zero-order chi connectivity index (χ0) is 20.5. The number of nitriles is 1. The maximum absolute atomic E-state index is 13.3. The molecule has 2 saturated heterocycles. The molecule has 0 aliphatic carbocycles. The third kappa shape index (κ3) is 3.42. The molecule has 0 radical (unpaired) electrons. The highest BCUT2D eigenvalue weighted by Gasteiger charge is 2.45. The standard InChI is InChI=1S/C20H23N7O2/c1-24-18(28)11-15(19(24)16-5-6-23-25(16)2)20(29)27-9-7-26(8-10-27)17-4-3-14(12-21)13-22-17/h3-6,13,15,19H,7-11H2,1-2H3. The molecule has 9 heteroatoms. The Kier molecular flexibility index (Phi) is 4.92. The van der Waals surface area contributed by atoms with Gasteiger partial charge in [-0.3, -0.25) is 14.3 Å². The molecular weight excluding hydrogens is 370 g/mol. The molecule has 2 aliphatic rings. The largest absolute Gasteiger partial charge is 0.353 e. The van der Waals surface area contributed by atoms with Crippen LogP contribution in [0.1, 0.15) is 23.7 Å². The van der Waals surface area contributed by atoms with Gasteiger partial charge in [0, 0.05) is 59.1 Å². The molecule has 4 rings (SSSR count). The van der Waals surface area contributed by atoms with Crippen LogP contribution in [-0.2, 0) is 16.6 Å². The number of carbonyl (C=O) groups is 2. The second kappa shape index (κ2) is 7.54. The van der Waals surface area contributed by atoms with Crippen molar-refractivity contribution in [3.05, 3.63) is 41.9 Å². The van der Waals surface area contributed by atoms with Crippen LogP contribution in [0.5, 0.6) is 0 Å². The minimum atomic E-state index is -0.400. The lowest BCUT2D eigenvalue weighted by Gasteiger charge is -2.37. The van der Waals surface area contributed by atoms with Gasteiger partial charge in [0.05, 0.1) is 23.2 Å². The molecule has 0 saturated carbocycles. The molecule has 0 aromatic carbocycles. The van der Waals surface area contributed by atoms with E-state index in [9.17, 15) is 9.59 Å². The lowest BCUT2D eigenvalue weighted by atomic mass is 9.95. The predicted octanol–water partition coefficient (Wildman–Crippen LogP) is 0.555. The van der Waals surface area contributed by atoms with E-state index in [4.69, 9.17) is 5.26 Å². The maximum atomic E-state index is 13.3. The molecule has 0 spiro atoms. The third-order valence-electron chi connectivity index (χ3n) is 5.86. The number of hydrogen-bond donors (Lipinski definition) is 0. The molecule has 2 fully saturated rings. The van der Waals surface area contributed by atoms with Gasteiger partial charge in [0.2, 0.25) is 11.8 Å². The van der Waals surface area contributed by atoms with E-state index in [0.29, 0.717) is 31.7 Å². The number of piperazine rings is 1. The summed E-state index contributed by atoms with van der Waals surface area (Å²) < 4.78 is 1.73. The van der Waals surface area contributed by atoms with E-state index in [2.05, 4.69) is 21.1 Å². The molecule has 2 atom stereocenters. The second-order valence-corrected chi connectivity index (χ2v) is 7.47. The van der Waals surface area contributed by atoms with Crippen molar-refractivity contribution in [2.24, 2.45) is 13.0 Å². The Morgan fingerprint density at radius 1 is 1.17 bits per heavy atom. The van der Waals surface area contributed by atoms with Crippen molar-refractivity contribution in [3.63, 3.8) is 0 Å². The lowest BCUT2D eigenvalue weighted by molar-refractivity contribution is -0.137. The number of aryl methyl sites for hydroxylation is 1. The van der Waals surface area contributed by atoms with Gasteiger partial charge in [0.25, 0.3) is 0 Å². The number of carbonyl (C=O) groups excluding carboxylic acids is 2. The van der Waals surface area contributed by atoms with Crippen molar-refractivity contribution in [1.29, 1.82) is 5.26 Å². The van der Waals surface area contributed by atoms with Crippen LogP contribution in [0.25, 0.3) is 0 Å². The molecule has 2 amide bonds. The van der Waals surface area contributed by atoms with Crippen molar-refractivity contribution in [1.82, 2.24) is 24.6 Å². The number of likely N-dealkylation sites (tertiary alicyclic amines) is 1. The summed E-state index contributed by atoms with van der Waals surface area (Å²) in [4.78, 5) is 35.6. The fraction of sp³-hybridized carbons (Fsp3) is 0.450. The summed E-state index contributed by atoms with van der Waals surface area (Å²) in [6.07, 6.45) is 3.48. The van der Waals surface area contributed by atoms with Crippen LogP contribution in [0.2, 0.25) is 0 Å². The molecule has 150 valence electrons. The zero-order valence-electron chi connectivity index (χ0n) is 16.5. The number of rotatable bonds is 3. The van der Waals surface area contributed by atoms with Crippen LogP contribution in [0.3, 0.4) is 0 Å². The monoisotopic (exact) mass is 393 g/mol. The number of pyridine rings is 1. The quantitative estimate of drug-likeness (QED) is 0.756. The molecule has 2 aliphatic heterocycles. The first-order valence-electron chi connectivity index (χ1n) is 9.63. The van der Waals surface area contributed by atoms with Crippen molar-refractivity contribution in [2.75, 3.05) is 38.1 Å². The van der Waals surface area contributed by atoms with Crippen molar-refractivity contribution in [3.8, 4) is 6.07 Å². The van der Waals surface area contributed by atoms with E-state index in [1.807, 2.05) is 24.1 Å². The number of aromatic nitrogens is 3. The lowest BCUT2D eigenvalue weighted by Crippen LogP contribution is -2.51. The molecule has 0 N–H and O–H groups in total. The van der Waals surface area contributed by atoms with Crippen LogP contribution in [0, 0.1) is 17.2 Å². The van der Waals surface area contributed by atoms with Crippen LogP contribution in [0.15, 0.2) is 30.6 Å². The summed E-state index contributed by atoms with van der Waals surface area (Å²) in [6, 6.07) is 7.22. The molecule has 0 bridgehead atoms. The van der Waals surface area contributed by atoms with Gasteiger partial charge in [0.15, 0.2) is 0 Å². The average Bonchev–Trinajstić information content (AvgIpc) is 3.30. The average molecular weight is 393 g/mol. The third-order valence-corrected chi connectivity index (χ3v) is 5.86. The highest BCUT2D eigenvalue weighted by Crippen LogP contribution is 2.38. The van der Waals surface area contributed by atoms with E-state index in [1.54, 1.807) is 35.1 Å². The van der Waals surface area contributed by atoms with Gasteiger partial charge >= 0.3 is 0 Å². The van der Waals surface area contributed by atoms with Crippen LogP contribution < -0.4 is 4.90 Å². The molecule has 4 heterocycles. The van der Waals surface area contributed by atoms with E-state index in [1.165, 1.54) is 0 Å². The Balaban J connectivity index is 1.45. The van der Waals surface area contributed by atoms with Gasteiger partial charge in [-0.2, -0.15) is 10.4 Å². The van der Waals surface area contributed by atoms with Crippen LogP contribution in [-0.4, -0.2) is 69.6 Å². The Bertz CT molecular complexity index is 954. The first-order chi connectivity index (χ1) is 14.0. The van der Waals surface area contributed by atoms with Crippen LogP contribution in [0.4, 0.5) is 5.82 Å². The normalized spacial score (nSPS) is 22.1. The summed E-state index contributed by atoms with van der Waals surface area (Å²) in [6.45, 7) is 2.48. The van der Waals surface area contributed by atoms with E-state index in [0.717, 1.165) is 11.5 Å². The maximum Gasteiger partial charge on any atom is 0.228 e. The molecule has 2 unspecified atom stereocenters. The Labute approximate surface area is 169 Å². The Morgan fingerprint density at radius 2 is 1.93 bits per heavy atom. The molecule has 2 aromatic rings. The van der Waals surface area contributed by atoms with Gasteiger partial charge in [-0.05, 0) is 18.2 Å². The number of anilines is 1. The van der Waals surface area contributed by atoms with Crippen molar-refractivity contribution in [2.45, 2.75) is 12.5 Å². The molecule has 9 nitrogen and oxygen atoms in total. The van der Waals surface area contributed by atoms with E-state index < -0.39 is 5.92 Å². The van der Waals surface area contributed by atoms with Gasteiger partial charge in [-0.15, -0.1) is 0 Å². The second-order valence-electron chi connectivity index (χ2n) is 7.47. The van der Waals surface area contributed by atoms with Gasteiger partial charge in [-0.1, -0.05) is 0 Å². The topological polar surface area (TPSA) is 98.4 Å². The summed E-state index contributed by atoms with van der Waals surface area (Å²) in [5.41, 5.74) is 1.40. The molecule has 29 heavy (non-hydrogen) atoms. The van der Waals surface area contributed by atoms with Crippen molar-refractivity contribution >= 4 is 17.6 Å². The minimum Gasteiger partial charge on any atom is -0.353 e. The number of nitrogens with zero attached hydrogens (tertiary/aromatic N) is 7. The number of hydrogen-bond acceptors (Lipinski definition) is 6. The van der Waals surface area contributed by atoms with Crippen molar-refractivity contribution < 1.29 is 9.59 Å². The summed E-state index contributed by atoms with van der Waals surface area (Å²) >= 11 is 0. The summed E-state index contributed by atoms with van der Waals surface area (Å²) in [5, 5.41) is 13.1.